The topological polar surface area (TPSA) is 102 Å². The number of rotatable bonds is 2. The zero-order valence-corrected chi connectivity index (χ0v) is 14.9. The minimum Gasteiger partial charge on any atom is -0.370 e. The van der Waals surface area contributed by atoms with Gasteiger partial charge >= 0.3 is 6.18 Å². The summed E-state index contributed by atoms with van der Waals surface area (Å²) in [6.45, 7) is 2.25. The van der Waals surface area contributed by atoms with Gasteiger partial charge in [0.2, 0.25) is 5.91 Å². The normalized spacial score (nSPS) is 15.2. The van der Waals surface area contributed by atoms with E-state index in [2.05, 4.69) is 4.99 Å². The largest absolute Gasteiger partial charge is 0.416 e. The number of benzene rings is 1. The Kier molecular flexibility index (Phi) is 7.02. The van der Waals surface area contributed by atoms with Gasteiger partial charge in [-0.15, -0.1) is 12.4 Å². The van der Waals surface area contributed by atoms with Crippen LogP contribution in [0.4, 0.5) is 13.2 Å². The molecule has 0 saturated carbocycles. The van der Waals surface area contributed by atoms with Crippen molar-refractivity contribution in [3.05, 3.63) is 34.9 Å². The van der Waals surface area contributed by atoms with E-state index in [-0.39, 0.29) is 35.4 Å². The average molecular weight is 393 g/mol. The third-order valence-electron chi connectivity index (χ3n) is 4.22. The summed E-state index contributed by atoms with van der Waals surface area (Å²) in [5, 5.41) is 0. The molecule has 1 aromatic rings. The molecule has 0 aromatic heterocycles. The second-order valence-electron chi connectivity index (χ2n) is 5.92. The minimum absolute atomic E-state index is 0. The zero-order valence-electron chi connectivity index (χ0n) is 14.0. The SMILES string of the molecule is CC(=O)N1CCC(c2ccc(C(=O)N=C(N)N)cc2C(F)(F)F)CC1.Cl. The third-order valence-corrected chi connectivity index (χ3v) is 4.22. The van der Waals surface area contributed by atoms with E-state index in [1.54, 1.807) is 4.90 Å². The number of nitrogens with zero attached hydrogens (tertiary/aromatic N) is 2. The van der Waals surface area contributed by atoms with Crippen molar-refractivity contribution in [2.45, 2.75) is 31.9 Å². The lowest BCUT2D eigenvalue weighted by molar-refractivity contribution is -0.139. The van der Waals surface area contributed by atoms with Gasteiger partial charge in [0.25, 0.3) is 5.91 Å². The molecule has 10 heteroatoms. The van der Waals surface area contributed by atoms with Crippen molar-refractivity contribution >= 4 is 30.2 Å². The highest BCUT2D eigenvalue weighted by Crippen LogP contribution is 2.39. The smallest absolute Gasteiger partial charge is 0.370 e. The number of aliphatic imine (C=N–C) groups is 1. The van der Waals surface area contributed by atoms with Crippen molar-refractivity contribution in [3.8, 4) is 0 Å². The Labute approximate surface area is 154 Å². The van der Waals surface area contributed by atoms with Gasteiger partial charge in [-0.3, -0.25) is 9.59 Å². The Bertz CT molecular complexity index is 710. The summed E-state index contributed by atoms with van der Waals surface area (Å²) in [7, 11) is 0. The predicted molar refractivity (Wildman–Crippen MR) is 93.1 cm³/mol. The maximum atomic E-state index is 13.5. The van der Waals surface area contributed by atoms with Gasteiger partial charge < -0.3 is 16.4 Å². The summed E-state index contributed by atoms with van der Waals surface area (Å²) in [5.74, 6) is -1.87. The molecule has 144 valence electrons. The van der Waals surface area contributed by atoms with E-state index in [9.17, 15) is 22.8 Å². The lowest BCUT2D eigenvalue weighted by Crippen LogP contribution is -2.36. The van der Waals surface area contributed by atoms with Gasteiger partial charge in [0.05, 0.1) is 5.56 Å². The molecule has 0 bridgehead atoms. The number of carbonyl (C=O) groups is 2. The number of guanidine groups is 1. The van der Waals surface area contributed by atoms with Crippen molar-refractivity contribution in [1.82, 2.24) is 4.90 Å². The highest BCUT2D eigenvalue weighted by molar-refractivity contribution is 6.02. The van der Waals surface area contributed by atoms with Crippen LogP contribution in [0.15, 0.2) is 23.2 Å². The molecule has 0 aliphatic carbocycles. The number of hydrogen-bond acceptors (Lipinski definition) is 2. The standard InChI is InChI=1S/C16H19F3N4O2.ClH/c1-9(24)23-6-4-10(5-7-23)12-3-2-11(14(25)22-15(20)21)8-13(12)16(17,18)19;/h2-3,8,10H,4-7H2,1H3,(H4,20,21,22,25);1H. The molecule has 0 atom stereocenters. The molecule has 1 aliphatic rings. The predicted octanol–water partition coefficient (Wildman–Crippen LogP) is 2.27. The first kappa shape index (κ1) is 21.8. The quantitative estimate of drug-likeness (QED) is 0.595. The van der Waals surface area contributed by atoms with E-state index in [1.165, 1.54) is 19.1 Å². The second kappa shape index (κ2) is 8.39. The van der Waals surface area contributed by atoms with Crippen molar-refractivity contribution in [2.75, 3.05) is 13.1 Å². The molecule has 0 spiro atoms. The van der Waals surface area contributed by atoms with Crippen LogP contribution in [0, 0.1) is 0 Å². The van der Waals surface area contributed by atoms with E-state index in [1.807, 2.05) is 0 Å². The van der Waals surface area contributed by atoms with E-state index in [0.29, 0.717) is 25.9 Å². The first-order valence-corrected chi connectivity index (χ1v) is 7.70. The fourth-order valence-corrected chi connectivity index (χ4v) is 2.98. The van der Waals surface area contributed by atoms with Crippen LogP contribution >= 0.6 is 12.4 Å². The van der Waals surface area contributed by atoms with Crippen molar-refractivity contribution in [1.29, 1.82) is 0 Å². The van der Waals surface area contributed by atoms with Gasteiger partial charge in [-0.2, -0.15) is 18.2 Å². The zero-order chi connectivity index (χ0) is 18.8. The number of carbonyl (C=O) groups excluding carboxylic acids is 2. The average Bonchev–Trinajstić information content (AvgIpc) is 2.53. The molecule has 1 saturated heterocycles. The number of halogens is 4. The molecule has 1 heterocycles. The second-order valence-corrected chi connectivity index (χ2v) is 5.92. The lowest BCUT2D eigenvalue weighted by atomic mass is 9.85. The van der Waals surface area contributed by atoms with Gasteiger partial charge in [-0.05, 0) is 36.5 Å². The summed E-state index contributed by atoms with van der Waals surface area (Å²) >= 11 is 0. The molecular formula is C16H20ClF3N4O2. The minimum atomic E-state index is -4.61. The molecule has 0 unspecified atom stereocenters. The first-order valence-electron chi connectivity index (χ1n) is 7.70. The molecule has 0 radical (unpaired) electrons. The molecule has 1 aliphatic heterocycles. The van der Waals surface area contributed by atoms with Gasteiger partial charge in [0.1, 0.15) is 0 Å². The van der Waals surface area contributed by atoms with E-state index < -0.39 is 23.6 Å². The molecular weight excluding hydrogens is 373 g/mol. The molecule has 1 fully saturated rings. The molecule has 1 aromatic carbocycles. The van der Waals surface area contributed by atoms with Crippen molar-refractivity contribution in [3.63, 3.8) is 0 Å². The Balaban J connectivity index is 0.00000338. The Morgan fingerprint density at radius 1 is 1.19 bits per heavy atom. The first-order chi connectivity index (χ1) is 11.6. The molecule has 2 amide bonds. The monoisotopic (exact) mass is 392 g/mol. The Hall–Kier alpha value is -2.29. The van der Waals surface area contributed by atoms with E-state index in [4.69, 9.17) is 11.5 Å². The van der Waals surface area contributed by atoms with E-state index >= 15 is 0 Å². The summed E-state index contributed by atoms with van der Waals surface area (Å²) in [5.41, 5.74) is 9.20. The van der Waals surface area contributed by atoms with Crippen molar-refractivity contribution < 1.29 is 22.8 Å². The van der Waals surface area contributed by atoms with Crippen LogP contribution in [-0.4, -0.2) is 35.8 Å². The Morgan fingerprint density at radius 3 is 2.23 bits per heavy atom. The van der Waals surface area contributed by atoms with Crippen LogP contribution in [-0.2, 0) is 11.0 Å². The highest BCUT2D eigenvalue weighted by atomic mass is 35.5. The van der Waals surface area contributed by atoms with Crippen LogP contribution in [0.5, 0.6) is 0 Å². The van der Waals surface area contributed by atoms with Crippen LogP contribution in [0.2, 0.25) is 0 Å². The van der Waals surface area contributed by atoms with Crippen molar-refractivity contribution in [2.24, 2.45) is 16.5 Å². The number of hydrogen-bond donors (Lipinski definition) is 2. The molecule has 2 rings (SSSR count). The fourth-order valence-electron chi connectivity index (χ4n) is 2.98. The highest BCUT2D eigenvalue weighted by Gasteiger charge is 2.37. The van der Waals surface area contributed by atoms with Gasteiger partial charge in [0.15, 0.2) is 5.96 Å². The number of nitrogens with two attached hydrogens (primary N) is 2. The van der Waals surface area contributed by atoms with Crippen LogP contribution in [0.25, 0.3) is 0 Å². The summed E-state index contributed by atoms with van der Waals surface area (Å²) in [4.78, 5) is 28.0. The Morgan fingerprint density at radius 2 is 1.77 bits per heavy atom. The number of piperidine rings is 1. The molecule has 26 heavy (non-hydrogen) atoms. The molecule has 6 nitrogen and oxygen atoms in total. The number of amides is 2. The summed E-state index contributed by atoms with van der Waals surface area (Å²) < 4.78 is 40.4. The number of alkyl halides is 3. The summed E-state index contributed by atoms with van der Waals surface area (Å²) in [6, 6.07) is 3.37. The van der Waals surface area contributed by atoms with E-state index in [0.717, 1.165) is 6.07 Å². The van der Waals surface area contributed by atoms with Crippen LogP contribution in [0.1, 0.15) is 47.2 Å². The van der Waals surface area contributed by atoms with Gasteiger partial charge in [-0.25, -0.2) is 0 Å². The third kappa shape index (κ3) is 5.10. The summed E-state index contributed by atoms with van der Waals surface area (Å²) in [6.07, 6.45) is -3.74. The van der Waals surface area contributed by atoms with Crippen LogP contribution in [0.3, 0.4) is 0 Å². The lowest BCUT2D eigenvalue weighted by Gasteiger charge is -2.32. The number of likely N-dealkylation sites (tertiary alicyclic amines) is 1. The maximum Gasteiger partial charge on any atom is 0.416 e. The van der Waals surface area contributed by atoms with Gasteiger partial charge in [-0.1, -0.05) is 6.07 Å². The molecule has 4 N–H and O–H groups in total. The van der Waals surface area contributed by atoms with Gasteiger partial charge in [0, 0.05) is 25.6 Å². The van der Waals surface area contributed by atoms with Crippen LogP contribution < -0.4 is 11.5 Å². The maximum absolute atomic E-state index is 13.5. The fraction of sp³-hybridized carbons (Fsp3) is 0.438.